The molecule has 0 spiro atoms. The first-order chi connectivity index (χ1) is 13.1. The summed E-state index contributed by atoms with van der Waals surface area (Å²) in [6.07, 6.45) is 2.68. The molecule has 3 aromatic rings. The van der Waals surface area contributed by atoms with E-state index in [1.807, 2.05) is 60.9 Å². The van der Waals surface area contributed by atoms with Crippen LogP contribution in [0.5, 0.6) is 0 Å². The quantitative estimate of drug-likeness (QED) is 0.622. The summed E-state index contributed by atoms with van der Waals surface area (Å²) in [5.41, 5.74) is 2.65. The van der Waals surface area contributed by atoms with Gasteiger partial charge < -0.3 is 9.88 Å². The molecule has 2 heterocycles. The van der Waals surface area contributed by atoms with Crippen LogP contribution < -0.4 is 5.32 Å². The molecule has 0 saturated carbocycles. The van der Waals surface area contributed by atoms with Gasteiger partial charge in [-0.3, -0.25) is 9.78 Å². The highest BCUT2D eigenvalue weighted by Crippen LogP contribution is 2.27. The topological polar surface area (TPSA) is 72.7 Å². The molecule has 0 aliphatic rings. The highest BCUT2D eigenvalue weighted by Gasteiger charge is 2.21. The molecule has 0 aliphatic carbocycles. The summed E-state index contributed by atoms with van der Waals surface area (Å²) in [7, 11) is 0. The number of pyridine rings is 1. The molecule has 0 saturated heterocycles. The van der Waals surface area contributed by atoms with Crippen molar-refractivity contribution in [3.63, 3.8) is 0 Å². The van der Waals surface area contributed by atoms with Crippen LogP contribution >= 0.6 is 11.8 Å². The van der Waals surface area contributed by atoms with Crippen molar-refractivity contribution in [3.05, 3.63) is 54.2 Å². The minimum atomic E-state index is -0.305. The van der Waals surface area contributed by atoms with E-state index in [9.17, 15) is 4.79 Å². The number of rotatable bonds is 7. The molecule has 1 amide bonds. The fraction of sp³-hybridized carbons (Fsp3) is 0.300. The van der Waals surface area contributed by atoms with Crippen LogP contribution in [0.3, 0.4) is 0 Å². The molecule has 0 radical (unpaired) electrons. The van der Waals surface area contributed by atoms with E-state index < -0.39 is 0 Å². The molecule has 1 aromatic carbocycles. The second-order valence-electron chi connectivity index (χ2n) is 6.24. The van der Waals surface area contributed by atoms with Gasteiger partial charge in [0.1, 0.15) is 5.69 Å². The maximum atomic E-state index is 12.6. The predicted molar refractivity (Wildman–Crippen MR) is 109 cm³/mol. The summed E-state index contributed by atoms with van der Waals surface area (Å²) in [5, 5.41) is 12.0. The summed E-state index contributed by atoms with van der Waals surface area (Å²) < 4.78 is 2.03. The minimum Gasteiger partial charge on any atom is -0.325 e. The summed E-state index contributed by atoms with van der Waals surface area (Å²) in [6, 6.07) is 13.5. The zero-order chi connectivity index (χ0) is 19.2. The third kappa shape index (κ3) is 4.54. The first-order valence-electron chi connectivity index (χ1n) is 8.98. The fourth-order valence-electron chi connectivity index (χ4n) is 2.64. The van der Waals surface area contributed by atoms with E-state index >= 15 is 0 Å². The number of hydrogen-bond donors (Lipinski definition) is 1. The SMILES string of the molecule is CCCn1c(SC(C)C(=O)Nc2ccccc2C)nnc1-c1ccccn1. The number of carbonyl (C=O) groups excluding carboxylic acids is 1. The highest BCUT2D eigenvalue weighted by molar-refractivity contribution is 8.00. The Labute approximate surface area is 163 Å². The molecule has 7 heteroatoms. The number of amides is 1. The number of hydrogen-bond acceptors (Lipinski definition) is 5. The molecule has 6 nitrogen and oxygen atoms in total. The Morgan fingerprint density at radius 3 is 2.67 bits per heavy atom. The summed E-state index contributed by atoms with van der Waals surface area (Å²) >= 11 is 1.41. The van der Waals surface area contributed by atoms with Crippen molar-refractivity contribution >= 4 is 23.4 Å². The van der Waals surface area contributed by atoms with Gasteiger partial charge in [0.05, 0.1) is 5.25 Å². The molecule has 0 fully saturated rings. The number of carbonyl (C=O) groups is 1. The Hall–Kier alpha value is -2.67. The summed E-state index contributed by atoms with van der Waals surface area (Å²) in [4.78, 5) is 17.0. The molecule has 27 heavy (non-hydrogen) atoms. The third-order valence-corrected chi connectivity index (χ3v) is 5.19. The standard InChI is InChI=1S/C20H23N5OS/c1-4-13-25-18(17-11-7-8-12-21-17)23-24-20(25)27-15(3)19(26)22-16-10-6-5-9-14(16)2/h5-12,15H,4,13H2,1-3H3,(H,22,26). The highest BCUT2D eigenvalue weighted by atomic mass is 32.2. The minimum absolute atomic E-state index is 0.0558. The Morgan fingerprint density at radius 2 is 1.96 bits per heavy atom. The molecule has 1 N–H and O–H groups in total. The van der Waals surface area contributed by atoms with Gasteiger partial charge in [-0.25, -0.2) is 0 Å². The van der Waals surface area contributed by atoms with Crippen LogP contribution in [-0.2, 0) is 11.3 Å². The lowest BCUT2D eigenvalue weighted by Gasteiger charge is -2.14. The monoisotopic (exact) mass is 381 g/mol. The maximum absolute atomic E-state index is 12.6. The normalized spacial score (nSPS) is 12.0. The molecular weight excluding hydrogens is 358 g/mol. The average Bonchev–Trinajstić information content (AvgIpc) is 3.07. The Kier molecular flexibility index (Phi) is 6.24. The van der Waals surface area contributed by atoms with Gasteiger partial charge in [0, 0.05) is 18.4 Å². The molecule has 2 aromatic heterocycles. The van der Waals surface area contributed by atoms with E-state index in [-0.39, 0.29) is 11.2 Å². The molecule has 1 atom stereocenters. The van der Waals surface area contributed by atoms with E-state index in [0.29, 0.717) is 0 Å². The summed E-state index contributed by atoms with van der Waals surface area (Å²) in [5.74, 6) is 0.672. The van der Waals surface area contributed by atoms with Crippen LogP contribution in [0, 0.1) is 6.92 Å². The fourth-order valence-corrected chi connectivity index (χ4v) is 3.52. The van der Waals surface area contributed by atoms with Crippen LogP contribution in [0.15, 0.2) is 53.8 Å². The number of nitrogens with zero attached hydrogens (tertiary/aromatic N) is 4. The average molecular weight is 382 g/mol. The smallest absolute Gasteiger partial charge is 0.237 e. The number of anilines is 1. The number of nitrogens with one attached hydrogen (secondary N) is 1. The second-order valence-corrected chi connectivity index (χ2v) is 7.55. The van der Waals surface area contributed by atoms with Crippen molar-refractivity contribution in [1.82, 2.24) is 19.7 Å². The van der Waals surface area contributed by atoms with E-state index in [0.717, 1.165) is 40.9 Å². The van der Waals surface area contributed by atoms with Crippen molar-refractivity contribution in [2.45, 2.75) is 44.1 Å². The van der Waals surface area contributed by atoms with Gasteiger partial charge in [-0.05, 0) is 44.0 Å². The van der Waals surface area contributed by atoms with Gasteiger partial charge in [0.25, 0.3) is 0 Å². The van der Waals surface area contributed by atoms with Gasteiger partial charge in [0.2, 0.25) is 5.91 Å². The zero-order valence-electron chi connectivity index (χ0n) is 15.7. The van der Waals surface area contributed by atoms with Crippen LogP contribution in [0.1, 0.15) is 25.8 Å². The van der Waals surface area contributed by atoms with Crippen LogP contribution in [0.25, 0.3) is 11.5 Å². The van der Waals surface area contributed by atoms with Crippen LogP contribution in [0.2, 0.25) is 0 Å². The van der Waals surface area contributed by atoms with Crippen LogP contribution in [0.4, 0.5) is 5.69 Å². The number of aromatic nitrogens is 4. The number of aryl methyl sites for hydroxylation is 1. The second kappa shape index (κ2) is 8.81. The maximum Gasteiger partial charge on any atom is 0.237 e. The molecule has 0 aliphatic heterocycles. The van der Waals surface area contributed by atoms with Gasteiger partial charge in [-0.2, -0.15) is 0 Å². The van der Waals surface area contributed by atoms with Gasteiger partial charge in [0.15, 0.2) is 11.0 Å². The molecular formula is C20H23N5OS. The lowest BCUT2D eigenvalue weighted by Crippen LogP contribution is -2.23. The lowest BCUT2D eigenvalue weighted by atomic mass is 10.2. The Bertz CT molecular complexity index is 910. The number of benzene rings is 1. The largest absolute Gasteiger partial charge is 0.325 e. The molecule has 0 bridgehead atoms. The van der Waals surface area contributed by atoms with Gasteiger partial charge in [-0.1, -0.05) is 43.0 Å². The Morgan fingerprint density at radius 1 is 1.19 bits per heavy atom. The van der Waals surface area contributed by atoms with E-state index in [2.05, 4.69) is 27.4 Å². The first kappa shape index (κ1) is 19.1. The van der Waals surface area contributed by atoms with Gasteiger partial charge in [-0.15, -0.1) is 10.2 Å². The van der Waals surface area contributed by atoms with Crippen LogP contribution in [-0.4, -0.2) is 30.9 Å². The van der Waals surface area contributed by atoms with E-state index in [1.165, 1.54) is 11.8 Å². The van der Waals surface area contributed by atoms with Crippen molar-refractivity contribution in [3.8, 4) is 11.5 Å². The van der Waals surface area contributed by atoms with Crippen molar-refractivity contribution in [2.75, 3.05) is 5.32 Å². The van der Waals surface area contributed by atoms with Crippen molar-refractivity contribution < 1.29 is 4.79 Å². The molecule has 140 valence electrons. The van der Waals surface area contributed by atoms with E-state index in [4.69, 9.17) is 0 Å². The molecule has 1 unspecified atom stereocenters. The first-order valence-corrected chi connectivity index (χ1v) is 9.86. The Balaban J connectivity index is 1.77. The molecule has 3 rings (SSSR count). The third-order valence-electron chi connectivity index (χ3n) is 4.11. The predicted octanol–water partition coefficient (Wildman–Crippen LogP) is 4.18. The van der Waals surface area contributed by atoms with E-state index in [1.54, 1.807) is 6.20 Å². The van der Waals surface area contributed by atoms with Crippen molar-refractivity contribution in [1.29, 1.82) is 0 Å². The van der Waals surface area contributed by atoms with Crippen molar-refractivity contribution in [2.24, 2.45) is 0 Å². The number of para-hydroxylation sites is 1. The summed E-state index contributed by atoms with van der Waals surface area (Å²) in [6.45, 7) is 6.73. The van der Waals surface area contributed by atoms with Gasteiger partial charge >= 0.3 is 0 Å². The lowest BCUT2D eigenvalue weighted by molar-refractivity contribution is -0.115. The number of thioether (sulfide) groups is 1. The zero-order valence-corrected chi connectivity index (χ0v) is 16.5.